The highest BCUT2D eigenvalue weighted by Gasteiger charge is 2.23. The third-order valence-corrected chi connectivity index (χ3v) is 6.48. The normalized spacial score (nSPS) is 15.9. The zero-order valence-corrected chi connectivity index (χ0v) is 19.1. The molecule has 6 nitrogen and oxygen atoms in total. The maximum absolute atomic E-state index is 9.08. The molecule has 2 N–H and O–H groups in total. The number of nitrogens with one attached hydrogen (secondary N) is 2. The van der Waals surface area contributed by atoms with E-state index >= 15 is 0 Å². The highest BCUT2D eigenvalue weighted by molar-refractivity contribution is 6.32. The Morgan fingerprint density at radius 3 is 2.82 bits per heavy atom. The molecule has 1 saturated heterocycles. The number of H-pyrrole nitrogens is 1. The van der Waals surface area contributed by atoms with Gasteiger partial charge in [-0.25, -0.2) is 4.98 Å². The molecule has 1 fully saturated rings. The van der Waals surface area contributed by atoms with E-state index in [-0.39, 0.29) is 6.04 Å². The summed E-state index contributed by atoms with van der Waals surface area (Å²) in [5.74, 6) is 0.649. The van der Waals surface area contributed by atoms with Crippen LogP contribution < -0.4 is 15.0 Å². The van der Waals surface area contributed by atoms with Crippen molar-refractivity contribution in [3.63, 3.8) is 0 Å². The van der Waals surface area contributed by atoms with Crippen LogP contribution in [0.15, 0.2) is 60.9 Å². The molecule has 7 heteroatoms. The van der Waals surface area contributed by atoms with Crippen LogP contribution in [0.25, 0.3) is 22.2 Å². The largest absolute Gasteiger partial charge is 0.495 e. The maximum Gasteiger partial charge on any atom is 0.139 e. The van der Waals surface area contributed by atoms with Crippen molar-refractivity contribution < 1.29 is 4.74 Å². The predicted molar refractivity (Wildman–Crippen MR) is 133 cm³/mol. The second kappa shape index (κ2) is 9.05. The van der Waals surface area contributed by atoms with E-state index in [4.69, 9.17) is 21.6 Å². The molecule has 0 radical (unpaired) electrons. The third-order valence-electron chi connectivity index (χ3n) is 6.18. The Kier molecular flexibility index (Phi) is 5.80. The van der Waals surface area contributed by atoms with E-state index in [9.17, 15) is 0 Å². The number of methoxy groups -OCH3 is 1. The van der Waals surface area contributed by atoms with Crippen LogP contribution in [0.5, 0.6) is 5.75 Å². The van der Waals surface area contributed by atoms with E-state index in [1.807, 2.05) is 54.9 Å². The fourth-order valence-electron chi connectivity index (χ4n) is 4.50. The zero-order chi connectivity index (χ0) is 22.8. The van der Waals surface area contributed by atoms with Crippen molar-refractivity contribution in [2.24, 2.45) is 0 Å². The lowest BCUT2D eigenvalue weighted by molar-refractivity contribution is 0.415. The lowest BCUT2D eigenvalue weighted by Crippen LogP contribution is -2.42. The Labute approximate surface area is 197 Å². The number of nitriles is 1. The minimum atomic E-state index is 0.266. The molecule has 166 valence electrons. The molecule has 1 aliphatic heterocycles. The number of nitrogens with zero attached hydrogens (tertiary/aromatic N) is 3. The van der Waals surface area contributed by atoms with Crippen LogP contribution in [0.2, 0.25) is 5.02 Å². The van der Waals surface area contributed by atoms with Crippen molar-refractivity contribution in [2.75, 3.05) is 30.4 Å². The molecule has 33 heavy (non-hydrogen) atoms. The number of rotatable bonds is 5. The molecule has 4 aromatic rings. The van der Waals surface area contributed by atoms with Crippen LogP contribution >= 0.6 is 11.6 Å². The smallest absolute Gasteiger partial charge is 0.139 e. The number of hydrogen-bond donors (Lipinski definition) is 2. The highest BCUT2D eigenvalue weighted by Crippen LogP contribution is 2.37. The first-order chi connectivity index (χ1) is 16.2. The standard InChI is InChI=1S/C26H24ClN5O/c1-33-24-9-6-18(13-23(24)27)22-15-30-26-21(10-11-29-26)25(22)31-19-3-2-12-32(16-19)20-7-4-17(14-28)5-8-20/h4-11,13,15,19H,2-3,12,16H2,1H3,(H2,29,30,31). The van der Waals surface area contributed by atoms with Crippen molar-refractivity contribution in [3.8, 4) is 22.9 Å². The molecular weight excluding hydrogens is 434 g/mol. The molecule has 0 saturated carbocycles. The molecule has 2 aromatic carbocycles. The molecule has 0 bridgehead atoms. The molecule has 1 aliphatic rings. The fraction of sp³-hybridized carbons (Fsp3) is 0.231. The van der Waals surface area contributed by atoms with E-state index in [0.717, 1.165) is 59.5 Å². The molecule has 0 amide bonds. The van der Waals surface area contributed by atoms with Gasteiger partial charge in [0.1, 0.15) is 11.4 Å². The summed E-state index contributed by atoms with van der Waals surface area (Å²) in [5, 5.41) is 14.5. The number of halogens is 1. The highest BCUT2D eigenvalue weighted by atomic mass is 35.5. The first-order valence-corrected chi connectivity index (χ1v) is 11.4. The molecule has 1 unspecified atom stereocenters. The van der Waals surface area contributed by atoms with Crippen molar-refractivity contribution in [1.82, 2.24) is 9.97 Å². The van der Waals surface area contributed by atoms with Gasteiger partial charge in [0.15, 0.2) is 0 Å². The molecular formula is C26H24ClN5O. The number of pyridine rings is 1. The number of hydrogen-bond acceptors (Lipinski definition) is 5. The number of fused-ring (bicyclic) bond motifs is 1. The predicted octanol–water partition coefficient (Wildman–Crippen LogP) is 5.84. The lowest BCUT2D eigenvalue weighted by atomic mass is 10.0. The molecule has 0 spiro atoms. The van der Waals surface area contributed by atoms with Gasteiger partial charge in [0.05, 0.1) is 29.5 Å². The van der Waals surface area contributed by atoms with Crippen LogP contribution in [0.3, 0.4) is 0 Å². The summed E-state index contributed by atoms with van der Waals surface area (Å²) in [7, 11) is 1.62. The Morgan fingerprint density at radius 1 is 1.21 bits per heavy atom. The quantitative estimate of drug-likeness (QED) is 0.393. The summed E-state index contributed by atoms with van der Waals surface area (Å²) in [6, 6.07) is 18.1. The number of aromatic nitrogens is 2. The first kappa shape index (κ1) is 21.2. The molecule has 1 atom stereocenters. The van der Waals surface area contributed by atoms with Crippen molar-refractivity contribution in [3.05, 3.63) is 71.5 Å². The van der Waals surface area contributed by atoms with Gasteiger partial charge in [-0.1, -0.05) is 17.7 Å². The Morgan fingerprint density at radius 2 is 2.06 bits per heavy atom. The van der Waals surface area contributed by atoms with Gasteiger partial charge < -0.3 is 19.9 Å². The monoisotopic (exact) mass is 457 g/mol. The summed E-state index contributed by atoms with van der Waals surface area (Å²) in [4.78, 5) is 10.2. The Bertz CT molecular complexity index is 1330. The number of benzene rings is 2. The van der Waals surface area contributed by atoms with Crippen LogP contribution in [-0.4, -0.2) is 36.2 Å². The average molecular weight is 458 g/mol. The van der Waals surface area contributed by atoms with Gasteiger partial charge in [-0.2, -0.15) is 5.26 Å². The van der Waals surface area contributed by atoms with E-state index in [2.05, 4.69) is 32.3 Å². The summed E-state index contributed by atoms with van der Waals surface area (Å²) >= 11 is 6.43. The SMILES string of the molecule is COc1ccc(-c2cnc3[nH]ccc3c2NC2CCCN(c3ccc(C#N)cc3)C2)cc1Cl. The summed E-state index contributed by atoms with van der Waals surface area (Å²) in [6.07, 6.45) is 5.96. The van der Waals surface area contributed by atoms with Crippen LogP contribution in [0.4, 0.5) is 11.4 Å². The zero-order valence-electron chi connectivity index (χ0n) is 18.3. The topological polar surface area (TPSA) is 77.0 Å². The lowest BCUT2D eigenvalue weighted by Gasteiger charge is -2.35. The minimum Gasteiger partial charge on any atom is -0.495 e. The molecule has 3 heterocycles. The molecule has 0 aliphatic carbocycles. The van der Waals surface area contributed by atoms with E-state index in [1.54, 1.807) is 7.11 Å². The van der Waals surface area contributed by atoms with Gasteiger partial charge in [0.25, 0.3) is 0 Å². The van der Waals surface area contributed by atoms with Crippen molar-refractivity contribution in [1.29, 1.82) is 5.26 Å². The number of piperidine rings is 1. The van der Waals surface area contributed by atoms with Crippen LogP contribution in [0, 0.1) is 11.3 Å². The van der Waals surface area contributed by atoms with Gasteiger partial charge in [-0.15, -0.1) is 0 Å². The van der Waals surface area contributed by atoms with E-state index in [0.29, 0.717) is 16.3 Å². The van der Waals surface area contributed by atoms with Gasteiger partial charge in [-0.3, -0.25) is 0 Å². The average Bonchev–Trinajstić information content (AvgIpc) is 3.34. The number of ether oxygens (including phenoxy) is 1. The third kappa shape index (κ3) is 4.20. The molecule has 2 aromatic heterocycles. The summed E-state index contributed by atoms with van der Waals surface area (Å²) in [6.45, 7) is 1.88. The van der Waals surface area contributed by atoms with Gasteiger partial charge in [0.2, 0.25) is 0 Å². The fourth-order valence-corrected chi connectivity index (χ4v) is 4.75. The maximum atomic E-state index is 9.08. The minimum absolute atomic E-state index is 0.266. The first-order valence-electron chi connectivity index (χ1n) is 11.0. The molecule has 5 rings (SSSR count). The van der Waals surface area contributed by atoms with Gasteiger partial charge in [-0.05, 0) is 60.9 Å². The summed E-state index contributed by atoms with van der Waals surface area (Å²) in [5.41, 5.74) is 5.71. The van der Waals surface area contributed by atoms with Crippen LogP contribution in [0.1, 0.15) is 18.4 Å². The number of anilines is 2. The van der Waals surface area contributed by atoms with Crippen LogP contribution in [-0.2, 0) is 0 Å². The van der Waals surface area contributed by atoms with Crippen molar-refractivity contribution >= 4 is 34.0 Å². The second-order valence-electron chi connectivity index (χ2n) is 8.22. The van der Waals surface area contributed by atoms with E-state index < -0.39 is 0 Å². The number of aromatic amines is 1. The van der Waals surface area contributed by atoms with Gasteiger partial charge >= 0.3 is 0 Å². The Hall–Kier alpha value is -3.69. The van der Waals surface area contributed by atoms with E-state index in [1.165, 1.54) is 0 Å². The summed E-state index contributed by atoms with van der Waals surface area (Å²) < 4.78 is 5.32. The van der Waals surface area contributed by atoms with Crippen molar-refractivity contribution in [2.45, 2.75) is 18.9 Å². The Balaban J connectivity index is 1.46. The second-order valence-corrected chi connectivity index (χ2v) is 8.63. The van der Waals surface area contributed by atoms with Gasteiger partial charge in [0, 0.05) is 48.2 Å².